The molecule has 1 aliphatic carbocycles. The summed E-state index contributed by atoms with van der Waals surface area (Å²) < 4.78 is 0. The van der Waals surface area contributed by atoms with Crippen LogP contribution in [0.1, 0.15) is 27.8 Å². The Balaban J connectivity index is 1.57. The fraction of sp³-hybridized carbons (Fsp3) is 0.0227. The third kappa shape index (κ3) is 3.43. The van der Waals surface area contributed by atoms with Gasteiger partial charge in [0.05, 0.1) is 17.0 Å². The van der Waals surface area contributed by atoms with E-state index in [4.69, 9.17) is 0 Å². The molecule has 0 heterocycles. The number of hydrogen-bond acceptors (Lipinski definition) is 1. The lowest BCUT2D eigenvalue weighted by atomic mass is 9.58. The van der Waals surface area contributed by atoms with E-state index >= 15 is 0 Å². The minimum atomic E-state index is -0.545. The van der Waals surface area contributed by atoms with Gasteiger partial charge >= 0.3 is 0 Å². The standard InChI is InChI=1S/C44H27N/c45-28-29-26-27-37(33-19-8-7-18-32(29)33)41-36-21-9-10-22-38(36)43-42-35(23-13-24-39(41)42)34-20-11-12-25-40(34)44(43,30-14-3-1-4-15-30)31-16-5-2-6-17-31/h1-27H. The van der Waals surface area contributed by atoms with Crippen molar-refractivity contribution in [1.82, 2.24) is 0 Å². The first-order valence-corrected chi connectivity index (χ1v) is 15.4. The highest BCUT2D eigenvalue weighted by Crippen LogP contribution is 2.59. The summed E-state index contributed by atoms with van der Waals surface area (Å²) in [5.41, 5.74) is 10.1. The first-order chi connectivity index (χ1) is 22.3. The normalized spacial score (nSPS) is 13.0. The van der Waals surface area contributed by atoms with Crippen LogP contribution in [-0.4, -0.2) is 0 Å². The van der Waals surface area contributed by atoms with Crippen molar-refractivity contribution in [3.63, 3.8) is 0 Å². The fourth-order valence-corrected chi connectivity index (χ4v) is 8.07. The van der Waals surface area contributed by atoms with E-state index in [0.717, 1.165) is 16.3 Å². The third-order valence-electron chi connectivity index (χ3n) is 9.77. The molecule has 0 N–H and O–H groups in total. The molecule has 0 bridgehead atoms. The van der Waals surface area contributed by atoms with Crippen molar-refractivity contribution < 1.29 is 0 Å². The van der Waals surface area contributed by atoms with Crippen LogP contribution in [0.5, 0.6) is 0 Å². The van der Waals surface area contributed by atoms with Crippen LogP contribution in [0.25, 0.3) is 54.6 Å². The second-order valence-electron chi connectivity index (χ2n) is 11.9. The van der Waals surface area contributed by atoms with Crippen molar-refractivity contribution >= 4 is 32.3 Å². The molecule has 208 valence electrons. The zero-order chi connectivity index (χ0) is 30.0. The van der Waals surface area contributed by atoms with Gasteiger partial charge in [0.1, 0.15) is 0 Å². The molecule has 8 aromatic rings. The van der Waals surface area contributed by atoms with Crippen LogP contribution in [0.4, 0.5) is 0 Å². The molecule has 0 aliphatic heterocycles. The summed E-state index contributed by atoms with van der Waals surface area (Å²) in [5.74, 6) is 0. The van der Waals surface area contributed by atoms with E-state index in [9.17, 15) is 5.26 Å². The molecular formula is C44H27N. The lowest BCUT2D eigenvalue weighted by molar-refractivity contribution is 0.757. The van der Waals surface area contributed by atoms with Crippen molar-refractivity contribution in [2.45, 2.75) is 5.41 Å². The number of rotatable bonds is 3. The highest BCUT2D eigenvalue weighted by molar-refractivity contribution is 6.23. The van der Waals surface area contributed by atoms with Gasteiger partial charge in [0.15, 0.2) is 0 Å². The zero-order valence-electron chi connectivity index (χ0n) is 24.5. The Labute approximate surface area is 262 Å². The zero-order valence-corrected chi connectivity index (χ0v) is 24.5. The summed E-state index contributed by atoms with van der Waals surface area (Å²) in [6.07, 6.45) is 0. The van der Waals surface area contributed by atoms with Gasteiger partial charge in [0, 0.05) is 5.39 Å². The Morgan fingerprint density at radius 1 is 0.400 bits per heavy atom. The van der Waals surface area contributed by atoms with Crippen molar-refractivity contribution in [2.75, 3.05) is 0 Å². The minimum Gasteiger partial charge on any atom is -0.192 e. The first kappa shape index (κ1) is 25.5. The average Bonchev–Trinajstić information content (AvgIpc) is 3.12. The van der Waals surface area contributed by atoms with Gasteiger partial charge in [0.25, 0.3) is 0 Å². The number of nitriles is 1. The molecule has 9 rings (SSSR count). The topological polar surface area (TPSA) is 23.8 Å². The Hall–Kier alpha value is -5.97. The fourth-order valence-electron chi connectivity index (χ4n) is 8.07. The number of hydrogen-bond donors (Lipinski definition) is 0. The van der Waals surface area contributed by atoms with Gasteiger partial charge in [-0.2, -0.15) is 5.26 Å². The molecule has 1 aliphatic rings. The van der Waals surface area contributed by atoms with Crippen molar-refractivity contribution in [3.8, 4) is 28.3 Å². The third-order valence-corrected chi connectivity index (χ3v) is 9.77. The van der Waals surface area contributed by atoms with E-state index in [0.29, 0.717) is 5.56 Å². The number of benzene rings is 8. The van der Waals surface area contributed by atoms with Crippen LogP contribution < -0.4 is 0 Å². The Morgan fingerprint density at radius 2 is 0.956 bits per heavy atom. The van der Waals surface area contributed by atoms with Crippen LogP contribution in [0.3, 0.4) is 0 Å². The Bertz CT molecular complexity index is 2440. The molecule has 0 fully saturated rings. The molecule has 1 heteroatoms. The predicted molar refractivity (Wildman–Crippen MR) is 186 cm³/mol. The highest BCUT2D eigenvalue weighted by atomic mass is 14.5. The van der Waals surface area contributed by atoms with Crippen LogP contribution in [0.15, 0.2) is 164 Å². The van der Waals surface area contributed by atoms with Gasteiger partial charge in [-0.1, -0.05) is 158 Å². The Kier molecular flexibility index (Phi) is 5.55. The van der Waals surface area contributed by atoms with Crippen molar-refractivity contribution in [2.24, 2.45) is 0 Å². The quantitative estimate of drug-likeness (QED) is 0.194. The highest BCUT2D eigenvalue weighted by Gasteiger charge is 2.45. The van der Waals surface area contributed by atoms with E-state index in [1.54, 1.807) is 0 Å². The molecule has 0 unspecified atom stereocenters. The first-order valence-electron chi connectivity index (χ1n) is 15.4. The van der Waals surface area contributed by atoms with E-state index in [2.05, 4.69) is 158 Å². The van der Waals surface area contributed by atoms with Gasteiger partial charge in [-0.25, -0.2) is 0 Å². The molecule has 0 saturated carbocycles. The number of fused-ring (bicyclic) bond motifs is 5. The molecule has 1 nitrogen and oxygen atoms in total. The van der Waals surface area contributed by atoms with Gasteiger partial charge in [-0.15, -0.1) is 0 Å². The minimum absolute atomic E-state index is 0.545. The van der Waals surface area contributed by atoms with Crippen molar-refractivity contribution in [3.05, 3.63) is 192 Å². The molecule has 0 aromatic heterocycles. The lowest BCUT2D eigenvalue weighted by Gasteiger charge is -2.43. The number of nitrogens with zero attached hydrogens (tertiary/aromatic N) is 1. The maximum Gasteiger partial charge on any atom is 0.0998 e. The summed E-state index contributed by atoms with van der Waals surface area (Å²) >= 11 is 0. The summed E-state index contributed by atoms with van der Waals surface area (Å²) in [7, 11) is 0. The monoisotopic (exact) mass is 569 g/mol. The second-order valence-corrected chi connectivity index (χ2v) is 11.9. The van der Waals surface area contributed by atoms with Gasteiger partial charge in [-0.3, -0.25) is 0 Å². The molecule has 45 heavy (non-hydrogen) atoms. The van der Waals surface area contributed by atoms with E-state index < -0.39 is 5.41 Å². The van der Waals surface area contributed by atoms with Gasteiger partial charge in [-0.05, 0) is 77.5 Å². The molecule has 8 aromatic carbocycles. The molecule has 0 saturated heterocycles. The molecular weight excluding hydrogens is 542 g/mol. The average molecular weight is 570 g/mol. The van der Waals surface area contributed by atoms with Crippen LogP contribution in [-0.2, 0) is 5.41 Å². The van der Waals surface area contributed by atoms with E-state index in [1.807, 2.05) is 12.1 Å². The molecule has 0 amide bonds. The van der Waals surface area contributed by atoms with Crippen LogP contribution >= 0.6 is 0 Å². The molecule has 0 radical (unpaired) electrons. The smallest absolute Gasteiger partial charge is 0.0998 e. The summed E-state index contributed by atoms with van der Waals surface area (Å²) in [4.78, 5) is 0. The summed E-state index contributed by atoms with van der Waals surface area (Å²) in [5, 5.41) is 17.0. The second kappa shape index (κ2) is 9.78. The van der Waals surface area contributed by atoms with Gasteiger partial charge < -0.3 is 0 Å². The Morgan fingerprint density at radius 3 is 1.67 bits per heavy atom. The molecule has 0 spiro atoms. The predicted octanol–water partition coefficient (Wildman–Crippen LogP) is 11.0. The van der Waals surface area contributed by atoms with Gasteiger partial charge in [0.2, 0.25) is 0 Å². The maximum atomic E-state index is 9.97. The maximum absolute atomic E-state index is 9.97. The summed E-state index contributed by atoms with van der Waals surface area (Å²) in [6, 6.07) is 61.6. The lowest BCUT2D eigenvalue weighted by Crippen LogP contribution is -2.34. The van der Waals surface area contributed by atoms with Crippen LogP contribution in [0.2, 0.25) is 0 Å². The SMILES string of the molecule is N#Cc1ccc(-c2c3ccccc3c3c4c(cccc24)-c2ccccc2C3(c2ccccc2)c2ccccc2)c2ccccc12. The molecule has 0 atom stereocenters. The van der Waals surface area contributed by atoms with Crippen LogP contribution in [0, 0.1) is 11.3 Å². The van der Waals surface area contributed by atoms with E-state index in [1.165, 1.54) is 60.5 Å². The van der Waals surface area contributed by atoms with Crippen molar-refractivity contribution in [1.29, 1.82) is 5.26 Å². The summed E-state index contributed by atoms with van der Waals surface area (Å²) in [6.45, 7) is 0. The largest absolute Gasteiger partial charge is 0.192 e. The van der Waals surface area contributed by atoms with E-state index in [-0.39, 0.29) is 0 Å².